The fourth-order valence-electron chi connectivity index (χ4n) is 1.98. The number of ether oxygens (including phenoxy) is 1. The van der Waals surface area contributed by atoms with Gasteiger partial charge in [-0.3, -0.25) is 0 Å². The zero-order valence-electron chi connectivity index (χ0n) is 14.0. The first-order valence-electron chi connectivity index (χ1n) is 7.94. The van der Waals surface area contributed by atoms with Crippen LogP contribution in [0.3, 0.4) is 0 Å². The fraction of sp³-hybridized carbons (Fsp3) is 0.333. The summed E-state index contributed by atoms with van der Waals surface area (Å²) in [6.45, 7) is 4.85. The molecule has 0 spiro atoms. The normalized spacial score (nSPS) is 10.0. The summed E-state index contributed by atoms with van der Waals surface area (Å²) in [5.74, 6) is -2.74. The standard InChI is InChI=1S/C16H20BrNO.C2H2O4/c1-2-3-10-18-11-12-19-15-9-8-13-6-4-5-7-14(13)16(15)17;3-1(4)2(5)6/h4-9,18H,2-3,10-12H2,1H3;(H,3,4)(H,5,6). The molecule has 2 rings (SSSR count). The number of carboxylic acids is 2. The van der Waals surface area contributed by atoms with E-state index in [1.54, 1.807) is 0 Å². The summed E-state index contributed by atoms with van der Waals surface area (Å²) in [4.78, 5) is 18.2. The minimum absolute atomic E-state index is 0.695. The summed E-state index contributed by atoms with van der Waals surface area (Å²) in [6, 6.07) is 12.4. The Morgan fingerprint density at radius 3 is 2.40 bits per heavy atom. The Bertz CT molecular complexity index is 693. The number of hydrogen-bond donors (Lipinski definition) is 3. The predicted octanol–water partition coefficient (Wildman–Crippen LogP) is 3.53. The lowest BCUT2D eigenvalue weighted by Gasteiger charge is -2.10. The summed E-state index contributed by atoms with van der Waals surface area (Å²) in [6.07, 6.45) is 2.45. The molecule has 0 bridgehead atoms. The summed E-state index contributed by atoms with van der Waals surface area (Å²) >= 11 is 3.63. The molecule has 0 unspecified atom stereocenters. The van der Waals surface area contributed by atoms with Crippen LogP contribution in [0, 0.1) is 0 Å². The molecule has 136 valence electrons. The molecule has 0 fully saturated rings. The second-order valence-corrected chi connectivity index (χ2v) is 5.95. The monoisotopic (exact) mass is 411 g/mol. The van der Waals surface area contributed by atoms with E-state index in [0.717, 1.165) is 23.3 Å². The molecule has 0 heterocycles. The number of halogens is 1. The molecular weight excluding hydrogens is 390 g/mol. The van der Waals surface area contributed by atoms with Crippen LogP contribution >= 0.6 is 15.9 Å². The molecule has 0 aliphatic carbocycles. The number of benzene rings is 2. The van der Waals surface area contributed by atoms with E-state index in [4.69, 9.17) is 24.5 Å². The SMILES string of the molecule is CCCCNCCOc1ccc2ccccc2c1Br.O=C(O)C(=O)O. The van der Waals surface area contributed by atoms with E-state index in [1.165, 1.54) is 23.6 Å². The van der Waals surface area contributed by atoms with Gasteiger partial charge in [-0.25, -0.2) is 9.59 Å². The van der Waals surface area contributed by atoms with Crippen molar-refractivity contribution in [1.82, 2.24) is 5.32 Å². The third-order valence-corrected chi connectivity index (χ3v) is 4.07. The molecular formula is C18H22BrNO5. The van der Waals surface area contributed by atoms with E-state index in [1.807, 2.05) is 18.2 Å². The second-order valence-electron chi connectivity index (χ2n) is 5.16. The van der Waals surface area contributed by atoms with Crippen LogP contribution < -0.4 is 10.1 Å². The highest BCUT2D eigenvalue weighted by atomic mass is 79.9. The highest BCUT2D eigenvalue weighted by molar-refractivity contribution is 9.10. The average molecular weight is 412 g/mol. The molecule has 0 saturated heterocycles. The van der Waals surface area contributed by atoms with Crippen molar-refractivity contribution < 1.29 is 24.5 Å². The number of hydrogen-bond acceptors (Lipinski definition) is 4. The number of unbranched alkanes of at least 4 members (excludes halogenated alkanes) is 1. The average Bonchev–Trinajstić information content (AvgIpc) is 2.60. The van der Waals surface area contributed by atoms with Crippen LogP contribution in [0.15, 0.2) is 40.9 Å². The maximum Gasteiger partial charge on any atom is 0.414 e. The molecule has 0 aliphatic heterocycles. The molecule has 0 aliphatic rings. The maximum atomic E-state index is 9.10. The Morgan fingerprint density at radius 2 is 1.76 bits per heavy atom. The Hall–Kier alpha value is -2.12. The van der Waals surface area contributed by atoms with Crippen molar-refractivity contribution in [2.24, 2.45) is 0 Å². The number of nitrogens with one attached hydrogen (secondary N) is 1. The third-order valence-electron chi connectivity index (χ3n) is 3.25. The molecule has 2 aromatic rings. The van der Waals surface area contributed by atoms with E-state index in [0.29, 0.717) is 6.61 Å². The van der Waals surface area contributed by atoms with Crippen molar-refractivity contribution >= 4 is 38.6 Å². The fourth-order valence-corrected chi connectivity index (χ4v) is 2.59. The van der Waals surface area contributed by atoms with Gasteiger partial charge in [-0.05, 0) is 45.7 Å². The number of fused-ring (bicyclic) bond motifs is 1. The zero-order valence-corrected chi connectivity index (χ0v) is 15.6. The van der Waals surface area contributed by atoms with Gasteiger partial charge in [0.05, 0.1) is 4.47 Å². The number of aliphatic carboxylic acids is 2. The van der Waals surface area contributed by atoms with Gasteiger partial charge in [-0.2, -0.15) is 0 Å². The minimum Gasteiger partial charge on any atom is -0.491 e. The van der Waals surface area contributed by atoms with Gasteiger partial charge in [0.25, 0.3) is 0 Å². The summed E-state index contributed by atoms with van der Waals surface area (Å²) < 4.78 is 6.86. The highest BCUT2D eigenvalue weighted by Gasteiger charge is 2.05. The van der Waals surface area contributed by atoms with Crippen molar-refractivity contribution in [1.29, 1.82) is 0 Å². The first-order valence-corrected chi connectivity index (χ1v) is 8.73. The quantitative estimate of drug-likeness (QED) is 0.476. The lowest BCUT2D eigenvalue weighted by molar-refractivity contribution is -0.159. The van der Waals surface area contributed by atoms with E-state index < -0.39 is 11.9 Å². The molecule has 7 heteroatoms. The van der Waals surface area contributed by atoms with E-state index in [-0.39, 0.29) is 0 Å². The van der Waals surface area contributed by atoms with Gasteiger partial charge in [-0.1, -0.05) is 43.7 Å². The lowest BCUT2D eigenvalue weighted by atomic mass is 10.1. The second kappa shape index (κ2) is 11.4. The number of rotatable bonds is 7. The first kappa shape index (κ1) is 20.9. The first-order chi connectivity index (χ1) is 12.0. The maximum absolute atomic E-state index is 9.10. The lowest BCUT2D eigenvalue weighted by Crippen LogP contribution is -2.22. The van der Waals surface area contributed by atoms with Gasteiger partial charge in [0.15, 0.2) is 0 Å². The number of carbonyl (C=O) groups is 2. The summed E-state index contributed by atoms with van der Waals surface area (Å²) in [5.41, 5.74) is 0. The molecule has 6 nitrogen and oxygen atoms in total. The van der Waals surface area contributed by atoms with Crippen LogP contribution in [0.25, 0.3) is 10.8 Å². The van der Waals surface area contributed by atoms with Gasteiger partial charge in [-0.15, -0.1) is 0 Å². The smallest absolute Gasteiger partial charge is 0.414 e. The highest BCUT2D eigenvalue weighted by Crippen LogP contribution is 2.32. The largest absolute Gasteiger partial charge is 0.491 e. The van der Waals surface area contributed by atoms with Crippen LogP contribution in [0.4, 0.5) is 0 Å². The Kier molecular flexibility index (Phi) is 9.57. The molecule has 2 aromatic carbocycles. The van der Waals surface area contributed by atoms with Crippen molar-refractivity contribution in [2.75, 3.05) is 19.7 Å². The van der Waals surface area contributed by atoms with Crippen molar-refractivity contribution in [3.05, 3.63) is 40.9 Å². The van der Waals surface area contributed by atoms with Gasteiger partial charge in [0, 0.05) is 6.54 Å². The van der Waals surface area contributed by atoms with Crippen LogP contribution in [-0.2, 0) is 9.59 Å². The van der Waals surface area contributed by atoms with E-state index in [2.05, 4.69) is 46.4 Å². The van der Waals surface area contributed by atoms with Crippen LogP contribution in [0.5, 0.6) is 5.75 Å². The topological polar surface area (TPSA) is 95.9 Å². The van der Waals surface area contributed by atoms with Gasteiger partial charge < -0.3 is 20.3 Å². The molecule has 0 saturated carbocycles. The molecule has 25 heavy (non-hydrogen) atoms. The molecule has 0 amide bonds. The Labute approximate surface area is 154 Å². The third kappa shape index (κ3) is 7.53. The van der Waals surface area contributed by atoms with Gasteiger partial charge in [0.1, 0.15) is 12.4 Å². The molecule has 0 radical (unpaired) electrons. The van der Waals surface area contributed by atoms with E-state index in [9.17, 15) is 0 Å². The van der Waals surface area contributed by atoms with Crippen molar-refractivity contribution in [3.63, 3.8) is 0 Å². The summed E-state index contributed by atoms with van der Waals surface area (Å²) in [7, 11) is 0. The van der Waals surface area contributed by atoms with Crippen LogP contribution in [-0.4, -0.2) is 41.8 Å². The van der Waals surface area contributed by atoms with Crippen LogP contribution in [0.1, 0.15) is 19.8 Å². The van der Waals surface area contributed by atoms with Crippen molar-refractivity contribution in [3.8, 4) is 5.75 Å². The van der Waals surface area contributed by atoms with Crippen molar-refractivity contribution in [2.45, 2.75) is 19.8 Å². The Balaban J connectivity index is 0.000000450. The zero-order chi connectivity index (χ0) is 18.7. The predicted molar refractivity (Wildman–Crippen MR) is 100 cm³/mol. The van der Waals surface area contributed by atoms with Crippen LogP contribution in [0.2, 0.25) is 0 Å². The minimum atomic E-state index is -1.82. The van der Waals surface area contributed by atoms with E-state index >= 15 is 0 Å². The van der Waals surface area contributed by atoms with Gasteiger partial charge in [0.2, 0.25) is 0 Å². The Morgan fingerprint density at radius 1 is 1.08 bits per heavy atom. The molecule has 0 aromatic heterocycles. The van der Waals surface area contributed by atoms with Gasteiger partial charge >= 0.3 is 11.9 Å². The summed E-state index contributed by atoms with van der Waals surface area (Å²) in [5, 5.41) is 20.6. The molecule has 3 N–H and O–H groups in total. The number of carboxylic acid groups (broad SMARTS) is 2. The molecule has 0 atom stereocenters.